The number of piperidine rings is 1. The van der Waals surface area contributed by atoms with Gasteiger partial charge < -0.3 is 34.3 Å². The van der Waals surface area contributed by atoms with Gasteiger partial charge in [0.05, 0.1) is 32.4 Å². The number of aromatic nitrogens is 2. The summed E-state index contributed by atoms with van der Waals surface area (Å²) in [6.45, 7) is 4.30. The van der Waals surface area contributed by atoms with Crippen LogP contribution in [0.25, 0.3) is 11.0 Å². The molecule has 2 aliphatic heterocycles. The molecule has 2 fully saturated rings. The second-order valence-electron chi connectivity index (χ2n) is 11.8. The van der Waals surface area contributed by atoms with Crippen LogP contribution in [0, 0.1) is 0 Å². The van der Waals surface area contributed by atoms with Gasteiger partial charge in [0.2, 0.25) is 11.7 Å². The fourth-order valence-electron chi connectivity index (χ4n) is 6.71. The molecule has 2 saturated heterocycles. The third-order valence-corrected chi connectivity index (χ3v) is 9.49. The summed E-state index contributed by atoms with van der Waals surface area (Å²) < 4.78 is 16.5. The number of aromatic amines is 1. The first-order valence-corrected chi connectivity index (χ1v) is 15.6. The predicted molar refractivity (Wildman–Crippen MR) is 174 cm³/mol. The van der Waals surface area contributed by atoms with Crippen molar-refractivity contribution in [2.75, 3.05) is 59.4 Å². The number of H-pyrrole nitrogens is 1. The molecular weight excluding hydrogens is 578 g/mol. The molecule has 3 aromatic carbocycles. The summed E-state index contributed by atoms with van der Waals surface area (Å²) in [7, 11) is 4.68. The SMILES string of the molecule is COc1cc(C(=O)N2CCC(CCN3CCC(Nc4nc5ccccc5[nH]4)CC3)(c3ccc(Cl)cc3)C2)cc(OC)c1OC. The van der Waals surface area contributed by atoms with Gasteiger partial charge in [-0.2, -0.15) is 0 Å². The molecule has 0 saturated carbocycles. The molecule has 2 N–H and O–H groups in total. The van der Waals surface area contributed by atoms with E-state index in [1.165, 1.54) is 5.56 Å². The van der Waals surface area contributed by atoms with E-state index in [9.17, 15) is 4.79 Å². The molecule has 1 unspecified atom stereocenters. The van der Waals surface area contributed by atoms with Crippen molar-refractivity contribution in [3.8, 4) is 17.2 Å². The first kappa shape index (κ1) is 30.1. The Labute approximate surface area is 263 Å². The number of rotatable bonds is 10. The van der Waals surface area contributed by atoms with E-state index < -0.39 is 0 Å². The molecule has 1 atom stereocenters. The van der Waals surface area contributed by atoms with Gasteiger partial charge in [-0.1, -0.05) is 35.9 Å². The van der Waals surface area contributed by atoms with Crippen molar-refractivity contribution in [2.24, 2.45) is 0 Å². The largest absolute Gasteiger partial charge is 0.493 e. The second-order valence-corrected chi connectivity index (χ2v) is 12.2. The minimum absolute atomic E-state index is 0.0439. The Morgan fingerprint density at radius 1 is 1.00 bits per heavy atom. The number of halogens is 1. The van der Waals surface area contributed by atoms with E-state index >= 15 is 0 Å². The fourth-order valence-corrected chi connectivity index (χ4v) is 6.83. The summed E-state index contributed by atoms with van der Waals surface area (Å²) in [5, 5.41) is 4.32. The van der Waals surface area contributed by atoms with Crippen molar-refractivity contribution in [3.05, 3.63) is 76.8 Å². The third kappa shape index (κ3) is 6.16. The smallest absolute Gasteiger partial charge is 0.254 e. The van der Waals surface area contributed by atoms with E-state index in [-0.39, 0.29) is 11.3 Å². The number of carbonyl (C=O) groups excluding carboxylic acids is 1. The number of carbonyl (C=O) groups is 1. The standard InChI is InChI=1S/C34H40ClN5O4/c1-42-29-20-23(21-30(43-2)31(29)44-3)32(41)40-19-15-34(22-40,24-8-10-25(35)11-9-24)14-18-39-16-12-26(13-17-39)36-33-37-27-6-4-5-7-28(27)38-33/h4-11,20-21,26H,12-19,22H2,1-3H3,(H2,36,37,38). The summed E-state index contributed by atoms with van der Waals surface area (Å²) in [6, 6.07) is 20.1. The van der Waals surface area contributed by atoms with E-state index in [2.05, 4.69) is 33.4 Å². The molecule has 0 radical (unpaired) electrons. The molecule has 9 nitrogen and oxygen atoms in total. The molecule has 3 heterocycles. The predicted octanol–water partition coefficient (Wildman–Crippen LogP) is 5.99. The number of ether oxygens (including phenoxy) is 3. The Morgan fingerprint density at radius 3 is 2.36 bits per heavy atom. The van der Waals surface area contributed by atoms with E-state index in [1.807, 2.05) is 35.2 Å². The van der Waals surface area contributed by atoms with Gasteiger partial charge in [0.15, 0.2) is 11.5 Å². The lowest BCUT2D eigenvalue weighted by molar-refractivity contribution is 0.0779. The van der Waals surface area contributed by atoms with Crippen LogP contribution >= 0.6 is 11.6 Å². The zero-order chi connectivity index (χ0) is 30.7. The molecule has 0 aliphatic carbocycles. The van der Waals surface area contributed by atoms with Crippen LogP contribution in [0.1, 0.15) is 41.6 Å². The summed E-state index contributed by atoms with van der Waals surface area (Å²) in [5.74, 6) is 2.21. The lowest BCUT2D eigenvalue weighted by Gasteiger charge is -2.36. The Kier molecular flexibility index (Phi) is 8.86. The molecule has 0 spiro atoms. The van der Waals surface area contributed by atoms with Crippen molar-refractivity contribution >= 4 is 34.5 Å². The van der Waals surface area contributed by atoms with Gasteiger partial charge in [0, 0.05) is 48.2 Å². The molecule has 2 aliphatic rings. The van der Waals surface area contributed by atoms with Gasteiger partial charge >= 0.3 is 0 Å². The molecule has 1 amide bonds. The Bertz CT molecular complexity index is 1540. The fraction of sp³-hybridized carbons (Fsp3) is 0.412. The van der Waals surface area contributed by atoms with Crippen molar-refractivity contribution in [3.63, 3.8) is 0 Å². The van der Waals surface area contributed by atoms with Gasteiger partial charge in [-0.25, -0.2) is 4.98 Å². The number of hydrogen-bond donors (Lipinski definition) is 2. The number of para-hydroxylation sites is 2. The van der Waals surface area contributed by atoms with Gasteiger partial charge in [-0.15, -0.1) is 0 Å². The minimum Gasteiger partial charge on any atom is -0.493 e. The monoisotopic (exact) mass is 617 g/mol. The quantitative estimate of drug-likeness (QED) is 0.226. The maximum absolute atomic E-state index is 13.8. The van der Waals surface area contributed by atoms with Crippen LogP contribution in [0.5, 0.6) is 17.2 Å². The topological polar surface area (TPSA) is 92.0 Å². The maximum Gasteiger partial charge on any atom is 0.254 e. The van der Waals surface area contributed by atoms with Crippen LogP contribution in [0.4, 0.5) is 5.95 Å². The maximum atomic E-state index is 13.8. The molecule has 44 heavy (non-hydrogen) atoms. The van der Waals surface area contributed by atoms with Crippen molar-refractivity contribution in [2.45, 2.75) is 37.1 Å². The highest BCUT2D eigenvalue weighted by Gasteiger charge is 2.42. The number of fused-ring (bicyclic) bond motifs is 1. The Balaban J connectivity index is 1.13. The van der Waals surface area contributed by atoms with Crippen molar-refractivity contribution in [1.29, 1.82) is 0 Å². The van der Waals surface area contributed by atoms with Crippen molar-refractivity contribution in [1.82, 2.24) is 19.8 Å². The van der Waals surface area contributed by atoms with Crippen LogP contribution in [0.15, 0.2) is 60.7 Å². The van der Waals surface area contributed by atoms with Crippen molar-refractivity contribution < 1.29 is 19.0 Å². The number of nitrogens with zero attached hydrogens (tertiary/aromatic N) is 3. The Hall–Kier alpha value is -3.95. The lowest BCUT2D eigenvalue weighted by atomic mass is 9.76. The molecule has 1 aromatic heterocycles. The first-order valence-electron chi connectivity index (χ1n) is 15.2. The lowest BCUT2D eigenvalue weighted by Crippen LogP contribution is -2.42. The summed E-state index contributed by atoms with van der Waals surface area (Å²) >= 11 is 6.28. The van der Waals surface area contributed by atoms with Crippen LogP contribution in [0.3, 0.4) is 0 Å². The van der Waals surface area contributed by atoms with Gasteiger partial charge in [0.25, 0.3) is 5.91 Å². The normalized spacial score (nSPS) is 19.3. The summed E-state index contributed by atoms with van der Waals surface area (Å²) in [5.41, 5.74) is 3.61. The van der Waals surface area contributed by atoms with Gasteiger partial charge in [-0.3, -0.25) is 4.79 Å². The Morgan fingerprint density at radius 2 is 1.70 bits per heavy atom. The third-order valence-electron chi connectivity index (χ3n) is 9.23. The minimum atomic E-state index is -0.162. The summed E-state index contributed by atoms with van der Waals surface area (Å²) in [6.07, 6.45) is 3.94. The van der Waals surface area contributed by atoms with Crippen LogP contribution in [-0.2, 0) is 5.41 Å². The van der Waals surface area contributed by atoms with Crippen LogP contribution < -0.4 is 19.5 Å². The van der Waals surface area contributed by atoms with Crippen LogP contribution in [0.2, 0.25) is 5.02 Å². The average Bonchev–Trinajstić information content (AvgIpc) is 3.68. The highest BCUT2D eigenvalue weighted by atomic mass is 35.5. The van der Waals surface area contributed by atoms with E-state index in [1.54, 1.807) is 33.5 Å². The first-order chi connectivity index (χ1) is 21.4. The molecule has 0 bridgehead atoms. The number of hydrogen-bond acceptors (Lipinski definition) is 7. The number of methoxy groups -OCH3 is 3. The summed E-state index contributed by atoms with van der Waals surface area (Å²) in [4.78, 5) is 26.4. The number of nitrogens with one attached hydrogen (secondary N) is 2. The van der Waals surface area contributed by atoms with Crippen LogP contribution in [-0.4, -0.2) is 85.8 Å². The molecule has 10 heteroatoms. The number of amides is 1. The number of imidazole rings is 1. The average molecular weight is 618 g/mol. The highest BCUT2D eigenvalue weighted by Crippen LogP contribution is 2.42. The zero-order valence-electron chi connectivity index (χ0n) is 25.6. The van der Waals surface area contributed by atoms with Gasteiger partial charge in [-0.05, 0) is 74.2 Å². The second kappa shape index (κ2) is 13.0. The molecule has 232 valence electrons. The van der Waals surface area contributed by atoms with E-state index in [0.29, 0.717) is 47.0 Å². The molecule has 6 rings (SSSR count). The highest BCUT2D eigenvalue weighted by molar-refractivity contribution is 6.30. The van der Waals surface area contributed by atoms with E-state index in [0.717, 1.165) is 62.3 Å². The van der Waals surface area contributed by atoms with Gasteiger partial charge in [0.1, 0.15) is 0 Å². The molecule has 4 aromatic rings. The zero-order valence-corrected chi connectivity index (χ0v) is 26.3. The number of likely N-dealkylation sites (tertiary alicyclic amines) is 2. The number of anilines is 1. The number of benzene rings is 3. The van der Waals surface area contributed by atoms with E-state index in [4.69, 9.17) is 30.8 Å². The molecular formula is C34H40ClN5O4.